The first kappa shape index (κ1) is 13.1. The minimum atomic E-state index is 0.0742. The second kappa shape index (κ2) is 5.98. The SMILES string of the molecule is Cc1cccc(NC(=O)CN2CCN(C)CC2)c1. The predicted octanol–water partition coefficient (Wildman–Crippen LogP) is 1.18. The van der Waals surface area contributed by atoms with E-state index in [9.17, 15) is 4.79 Å². The lowest BCUT2D eigenvalue weighted by atomic mass is 10.2. The molecule has 18 heavy (non-hydrogen) atoms. The molecule has 1 fully saturated rings. The summed E-state index contributed by atoms with van der Waals surface area (Å²) in [5, 5.41) is 2.95. The molecule has 0 atom stereocenters. The summed E-state index contributed by atoms with van der Waals surface area (Å²) >= 11 is 0. The van der Waals surface area contributed by atoms with Crippen LogP contribution in [0, 0.1) is 6.92 Å². The van der Waals surface area contributed by atoms with Gasteiger partial charge in [-0.15, -0.1) is 0 Å². The fourth-order valence-corrected chi connectivity index (χ4v) is 2.13. The smallest absolute Gasteiger partial charge is 0.238 e. The Labute approximate surface area is 109 Å². The second-order valence-corrected chi connectivity index (χ2v) is 5.00. The lowest BCUT2D eigenvalue weighted by molar-refractivity contribution is -0.117. The number of amides is 1. The van der Waals surface area contributed by atoms with Gasteiger partial charge in [0.15, 0.2) is 0 Å². The van der Waals surface area contributed by atoms with Crippen molar-refractivity contribution >= 4 is 11.6 Å². The summed E-state index contributed by atoms with van der Waals surface area (Å²) in [6, 6.07) is 7.90. The fourth-order valence-electron chi connectivity index (χ4n) is 2.13. The van der Waals surface area contributed by atoms with Crippen molar-refractivity contribution in [2.75, 3.05) is 45.1 Å². The Morgan fingerprint density at radius 1 is 1.28 bits per heavy atom. The summed E-state index contributed by atoms with van der Waals surface area (Å²) in [6.07, 6.45) is 0. The van der Waals surface area contributed by atoms with Gasteiger partial charge >= 0.3 is 0 Å². The number of carbonyl (C=O) groups excluding carboxylic acids is 1. The highest BCUT2D eigenvalue weighted by Crippen LogP contribution is 2.09. The molecule has 0 aromatic heterocycles. The molecule has 1 aromatic rings. The standard InChI is InChI=1S/C14H21N3O/c1-12-4-3-5-13(10-12)15-14(18)11-17-8-6-16(2)7-9-17/h3-5,10H,6-9,11H2,1-2H3,(H,15,18). The lowest BCUT2D eigenvalue weighted by Crippen LogP contribution is -2.47. The van der Waals surface area contributed by atoms with Crippen molar-refractivity contribution in [3.8, 4) is 0 Å². The highest BCUT2D eigenvalue weighted by molar-refractivity contribution is 5.92. The summed E-state index contributed by atoms with van der Waals surface area (Å²) in [6.45, 7) is 6.53. The van der Waals surface area contributed by atoms with Crippen LogP contribution < -0.4 is 5.32 Å². The van der Waals surface area contributed by atoms with Gasteiger partial charge in [-0.2, -0.15) is 0 Å². The number of nitrogens with zero attached hydrogens (tertiary/aromatic N) is 2. The quantitative estimate of drug-likeness (QED) is 0.871. The molecule has 98 valence electrons. The highest BCUT2D eigenvalue weighted by atomic mass is 16.2. The maximum atomic E-state index is 11.9. The average Bonchev–Trinajstić information content (AvgIpc) is 2.32. The van der Waals surface area contributed by atoms with Gasteiger partial charge in [0.2, 0.25) is 5.91 Å². The zero-order valence-electron chi connectivity index (χ0n) is 11.1. The Kier molecular flexibility index (Phi) is 4.33. The molecule has 0 radical (unpaired) electrons. The van der Waals surface area contributed by atoms with Crippen LogP contribution >= 0.6 is 0 Å². The number of nitrogens with one attached hydrogen (secondary N) is 1. The van der Waals surface area contributed by atoms with Crippen LogP contribution in [0.4, 0.5) is 5.69 Å². The summed E-state index contributed by atoms with van der Waals surface area (Å²) < 4.78 is 0. The van der Waals surface area contributed by atoms with Crippen molar-refractivity contribution in [1.82, 2.24) is 9.80 Å². The molecule has 0 spiro atoms. The van der Waals surface area contributed by atoms with E-state index in [0.717, 1.165) is 37.4 Å². The Morgan fingerprint density at radius 2 is 2.00 bits per heavy atom. The van der Waals surface area contributed by atoms with Crippen molar-refractivity contribution in [2.24, 2.45) is 0 Å². The zero-order valence-corrected chi connectivity index (χ0v) is 11.1. The first-order valence-corrected chi connectivity index (χ1v) is 6.41. The maximum Gasteiger partial charge on any atom is 0.238 e. The topological polar surface area (TPSA) is 35.6 Å². The number of anilines is 1. The first-order chi connectivity index (χ1) is 8.63. The van der Waals surface area contributed by atoms with Crippen molar-refractivity contribution in [3.05, 3.63) is 29.8 Å². The fraction of sp³-hybridized carbons (Fsp3) is 0.500. The molecule has 1 aliphatic rings. The summed E-state index contributed by atoms with van der Waals surface area (Å²) in [7, 11) is 2.12. The zero-order chi connectivity index (χ0) is 13.0. The molecule has 1 amide bonds. The number of benzene rings is 1. The van der Waals surface area contributed by atoms with Crippen LogP contribution in [0.5, 0.6) is 0 Å². The van der Waals surface area contributed by atoms with Gasteiger partial charge in [0.25, 0.3) is 0 Å². The van der Waals surface area contributed by atoms with Gasteiger partial charge in [-0.3, -0.25) is 9.69 Å². The highest BCUT2D eigenvalue weighted by Gasteiger charge is 2.16. The molecule has 1 saturated heterocycles. The molecule has 4 nitrogen and oxygen atoms in total. The van der Waals surface area contributed by atoms with E-state index < -0.39 is 0 Å². The van der Waals surface area contributed by atoms with Crippen LogP contribution in [0.15, 0.2) is 24.3 Å². The number of rotatable bonds is 3. The first-order valence-electron chi connectivity index (χ1n) is 6.41. The normalized spacial score (nSPS) is 17.7. The number of piperazine rings is 1. The molecular formula is C14H21N3O. The number of likely N-dealkylation sites (N-methyl/N-ethyl adjacent to an activating group) is 1. The van der Waals surface area contributed by atoms with E-state index in [2.05, 4.69) is 22.2 Å². The van der Waals surface area contributed by atoms with Gasteiger partial charge in [-0.05, 0) is 31.7 Å². The molecule has 2 rings (SSSR count). The second-order valence-electron chi connectivity index (χ2n) is 5.00. The summed E-state index contributed by atoms with van der Waals surface area (Å²) in [4.78, 5) is 16.4. The van der Waals surface area contributed by atoms with Crippen LogP contribution in [0.1, 0.15) is 5.56 Å². The predicted molar refractivity (Wildman–Crippen MR) is 73.7 cm³/mol. The van der Waals surface area contributed by atoms with E-state index in [1.807, 2.05) is 31.2 Å². The molecule has 0 bridgehead atoms. The van der Waals surface area contributed by atoms with E-state index in [-0.39, 0.29) is 5.91 Å². The van der Waals surface area contributed by atoms with Gasteiger partial charge in [-0.25, -0.2) is 0 Å². The molecule has 1 aliphatic heterocycles. The Balaban J connectivity index is 1.82. The molecule has 1 heterocycles. The number of hydrogen-bond donors (Lipinski definition) is 1. The third-order valence-electron chi connectivity index (χ3n) is 3.26. The average molecular weight is 247 g/mol. The van der Waals surface area contributed by atoms with E-state index in [0.29, 0.717) is 6.54 Å². The third kappa shape index (κ3) is 3.82. The number of hydrogen-bond acceptors (Lipinski definition) is 3. The minimum absolute atomic E-state index is 0.0742. The Hall–Kier alpha value is -1.39. The number of carbonyl (C=O) groups is 1. The van der Waals surface area contributed by atoms with Gasteiger partial charge in [-0.1, -0.05) is 12.1 Å². The van der Waals surface area contributed by atoms with Gasteiger partial charge in [0.05, 0.1) is 6.54 Å². The molecule has 1 aromatic carbocycles. The molecule has 4 heteroatoms. The van der Waals surface area contributed by atoms with Crippen LogP contribution in [0.3, 0.4) is 0 Å². The molecule has 1 N–H and O–H groups in total. The van der Waals surface area contributed by atoms with E-state index in [4.69, 9.17) is 0 Å². The molecule has 0 aliphatic carbocycles. The van der Waals surface area contributed by atoms with Gasteiger partial charge < -0.3 is 10.2 Å². The van der Waals surface area contributed by atoms with Crippen LogP contribution in [0.2, 0.25) is 0 Å². The third-order valence-corrected chi connectivity index (χ3v) is 3.26. The van der Waals surface area contributed by atoms with Crippen LogP contribution in [-0.2, 0) is 4.79 Å². The van der Waals surface area contributed by atoms with E-state index in [1.165, 1.54) is 0 Å². The minimum Gasteiger partial charge on any atom is -0.325 e. The maximum absolute atomic E-state index is 11.9. The molecule has 0 saturated carbocycles. The Bertz CT molecular complexity index is 411. The Morgan fingerprint density at radius 3 is 2.67 bits per heavy atom. The van der Waals surface area contributed by atoms with Crippen molar-refractivity contribution < 1.29 is 4.79 Å². The number of aryl methyl sites for hydroxylation is 1. The van der Waals surface area contributed by atoms with Crippen molar-refractivity contribution in [1.29, 1.82) is 0 Å². The van der Waals surface area contributed by atoms with E-state index >= 15 is 0 Å². The van der Waals surface area contributed by atoms with Gasteiger partial charge in [0, 0.05) is 31.9 Å². The monoisotopic (exact) mass is 247 g/mol. The van der Waals surface area contributed by atoms with Crippen molar-refractivity contribution in [3.63, 3.8) is 0 Å². The summed E-state index contributed by atoms with van der Waals surface area (Å²) in [5.74, 6) is 0.0742. The van der Waals surface area contributed by atoms with Crippen LogP contribution in [-0.4, -0.2) is 55.5 Å². The molecular weight excluding hydrogens is 226 g/mol. The van der Waals surface area contributed by atoms with Crippen LogP contribution in [0.25, 0.3) is 0 Å². The summed E-state index contributed by atoms with van der Waals surface area (Å²) in [5.41, 5.74) is 2.04. The van der Waals surface area contributed by atoms with Gasteiger partial charge in [0.1, 0.15) is 0 Å². The van der Waals surface area contributed by atoms with Crippen molar-refractivity contribution in [2.45, 2.75) is 6.92 Å². The molecule has 0 unspecified atom stereocenters. The lowest BCUT2D eigenvalue weighted by Gasteiger charge is -2.31. The largest absolute Gasteiger partial charge is 0.325 e. The van der Waals surface area contributed by atoms with E-state index in [1.54, 1.807) is 0 Å².